The van der Waals surface area contributed by atoms with Crippen LogP contribution < -0.4 is 0 Å². The summed E-state index contributed by atoms with van der Waals surface area (Å²) in [5.41, 5.74) is 8.29. The normalized spacial score (nSPS) is 11.9. The van der Waals surface area contributed by atoms with Gasteiger partial charge in [0.1, 0.15) is 11.6 Å². The average Bonchev–Trinajstić information content (AvgIpc) is 3.41. The molecule has 0 aliphatic carbocycles. The van der Waals surface area contributed by atoms with Gasteiger partial charge in [-0.3, -0.25) is 0 Å². The number of hydrogen-bond donors (Lipinski definition) is 0. The van der Waals surface area contributed by atoms with Gasteiger partial charge >= 0.3 is 0 Å². The third-order valence-electron chi connectivity index (χ3n) is 5.97. The fraction of sp³-hybridized carbons (Fsp3) is 0.125. The van der Waals surface area contributed by atoms with E-state index in [1.807, 2.05) is 30.1 Å². The molecule has 0 saturated carbocycles. The molecule has 6 nitrogen and oxygen atoms in total. The number of nitrogens with zero attached hydrogens (tertiary/aromatic N) is 6. The van der Waals surface area contributed by atoms with Gasteiger partial charge in [0.2, 0.25) is 0 Å². The molecule has 0 radical (unpaired) electrons. The number of benzene rings is 3. The average molecular weight is 471 g/mol. The summed E-state index contributed by atoms with van der Waals surface area (Å²) < 4.78 is 7.31. The molecule has 0 aliphatic rings. The van der Waals surface area contributed by atoms with Crippen molar-refractivity contribution in [2.24, 2.45) is 21.1 Å². The Balaban J connectivity index is 1.50. The molecule has 3 heterocycles. The molecule has 0 saturated heterocycles. The molecule has 7 heteroatoms. The van der Waals surface area contributed by atoms with E-state index in [9.17, 15) is 0 Å². The lowest BCUT2D eigenvalue weighted by Gasteiger charge is -2.04. The summed E-state index contributed by atoms with van der Waals surface area (Å²) in [5.74, 6) is 1.85. The molecule has 0 atom stereocenters. The smallest absolute Gasteiger partial charge is 0.140 e. The first kappa shape index (κ1) is 18.3. The lowest BCUT2D eigenvalue weighted by atomic mass is 10.2. The lowest BCUT2D eigenvalue weighted by Crippen LogP contribution is -1.93. The fourth-order valence-corrected chi connectivity index (χ4v) is 4.65. The minimum atomic E-state index is 0.925. The van der Waals surface area contributed by atoms with Crippen LogP contribution in [0.25, 0.3) is 55.9 Å². The van der Waals surface area contributed by atoms with Crippen molar-refractivity contribution in [1.82, 2.24) is 28.7 Å². The highest BCUT2D eigenvalue weighted by Crippen LogP contribution is 2.31. The molecule has 0 unspecified atom stereocenters. The molecule has 3 aromatic heterocycles. The molecule has 0 aliphatic heterocycles. The molecule has 0 spiro atoms. The minimum Gasteiger partial charge on any atom is -0.334 e. The van der Waals surface area contributed by atoms with Gasteiger partial charge in [-0.1, -0.05) is 15.9 Å². The summed E-state index contributed by atoms with van der Waals surface area (Å²) in [6.07, 6.45) is 1.84. The number of aryl methyl sites for hydroxylation is 3. The Morgan fingerprint density at radius 1 is 0.645 bits per heavy atom. The first-order valence-electron chi connectivity index (χ1n) is 10.00. The molecule has 0 fully saturated rings. The number of fused-ring (bicyclic) bond motifs is 3. The topological polar surface area (TPSA) is 53.5 Å². The first-order chi connectivity index (χ1) is 15.0. The van der Waals surface area contributed by atoms with Gasteiger partial charge in [0.05, 0.1) is 39.4 Å². The summed E-state index contributed by atoms with van der Waals surface area (Å²) in [5, 5.41) is 0. The van der Waals surface area contributed by atoms with Gasteiger partial charge in [0.15, 0.2) is 0 Å². The maximum absolute atomic E-state index is 4.96. The van der Waals surface area contributed by atoms with Gasteiger partial charge in [-0.15, -0.1) is 0 Å². The molecular formula is C24H19BrN6. The zero-order valence-corrected chi connectivity index (χ0v) is 18.9. The molecule has 6 rings (SSSR count). The first-order valence-corrected chi connectivity index (χ1v) is 10.8. The van der Waals surface area contributed by atoms with E-state index >= 15 is 0 Å². The summed E-state index contributed by atoms with van der Waals surface area (Å²) in [6, 6.07) is 18.8. The number of halogens is 1. The predicted octanol–water partition coefficient (Wildman–Crippen LogP) is 5.44. The maximum atomic E-state index is 4.96. The van der Waals surface area contributed by atoms with Crippen molar-refractivity contribution in [2.75, 3.05) is 0 Å². The van der Waals surface area contributed by atoms with E-state index in [2.05, 4.69) is 86.6 Å². The van der Waals surface area contributed by atoms with Crippen LogP contribution in [0, 0.1) is 0 Å². The van der Waals surface area contributed by atoms with Crippen LogP contribution in [-0.2, 0) is 21.1 Å². The van der Waals surface area contributed by atoms with Gasteiger partial charge in [0.25, 0.3) is 0 Å². The Bertz CT molecular complexity index is 1640. The van der Waals surface area contributed by atoms with Gasteiger partial charge in [-0.2, -0.15) is 0 Å². The van der Waals surface area contributed by atoms with Gasteiger partial charge in [-0.05, 0) is 54.6 Å². The van der Waals surface area contributed by atoms with E-state index in [4.69, 9.17) is 9.97 Å². The second-order valence-electron chi connectivity index (χ2n) is 7.88. The summed E-state index contributed by atoms with van der Waals surface area (Å²) >= 11 is 3.54. The minimum absolute atomic E-state index is 0.925. The van der Waals surface area contributed by atoms with Crippen molar-refractivity contribution >= 4 is 49.0 Å². The zero-order valence-electron chi connectivity index (χ0n) is 17.3. The Morgan fingerprint density at radius 3 is 1.87 bits per heavy atom. The third-order valence-corrected chi connectivity index (χ3v) is 6.46. The van der Waals surface area contributed by atoms with Crippen LogP contribution in [-0.4, -0.2) is 28.7 Å². The van der Waals surface area contributed by atoms with E-state index in [0.717, 1.165) is 60.3 Å². The molecule has 0 bridgehead atoms. The number of rotatable bonds is 2. The summed E-state index contributed by atoms with van der Waals surface area (Å²) in [6.45, 7) is 0. The van der Waals surface area contributed by atoms with Crippen molar-refractivity contribution in [1.29, 1.82) is 0 Å². The number of aromatic nitrogens is 6. The van der Waals surface area contributed by atoms with Crippen LogP contribution in [0.2, 0.25) is 0 Å². The number of imidazole rings is 3. The van der Waals surface area contributed by atoms with E-state index < -0.39 is 0 Å². The monoisotopic (exact) mass is 470 g/mol. The molecule has 0 amide bonds. The van der Waals surface area contributed by atoms with Crippen LogP contribution >= 0.6 is 15.9 Å². The lowest BCUT2D eigenvalue weighted by molar-refractivity contribution is 0.947. The fourth-order valence-electron chi connectivity index (χ4n) is 4.30. The van der Waals surface area contributed by atoms with E-state index in [0.29, 0.717) is 0 Å². The van der Waals surface area contributed by atoms with Gasteiger partial charge in [-0.25, -0.2) is 15.0 Å². The molecule has 31 heavy (non-hydrogen) atoms. The largest absolute Gasteiger partial charge is 0.334 e. The van der Waals surface area contributed by atoms with Crippen LogP contribution in [0.3, 0.4) is 0 Å². The maximum Gasteiger partial charge on any atom is 0.140 e. The molecular weight excluding hydrogens is 452 g/mol. The van der Waals surface area contributed by atoms with Gasteiger partial charge in [0, 0.05) is 36.7 Å². The second-order valence-corrected chi connectivity index (χ2v) is 8.80. The summed E-state index contributed by atoms with van der Waals surface area (Å²) in [7, 11) is 6.11. The van der Waals surface area contributed by atoms with E-state index in [1.165, 1.54) is 0 Å². The van der Waals surface area contributed by atoms with E-state index in [-0.39, 0.29) is 0 Å². The predicted molar refractivity (Wildman–Crippen MR) is 128 cm³/mol. The molecule has 152 valence electrons. The highest BCUT2D eigenvalue weighted by molar-refractivity contribution is 9.10. The highest BCUT2D eigenvalue weighted by Gasteiger charge is 2.15. The zero-order chi connectivity index (χ0) is 21.3. The van der Waals surface area contributed by atoms with Crippen molar-refractivity contribution in [2.45, 2.75) is 0 Å². The standard InChI is InChI=1S/C24H19BrN6/c1-29-13-26-17-10-14(4-7-20(17)29)23-27-18-11-15(5-8-21(18)30(23)2)24-28-19-12-16(25)6-9-22(19)31(24)3/h4-13H,1-3H3. The van der Waals surface area contributed by atoms with Gasteiger partial charge < -0.3 is 13.7 Å². The Kier molecular flexibility index (Phi) is 3.86. The van der Waals surface area contributed by atoms with Crippen LogP contribution in [0.4, 0.5) is 0 Å². The Morgan fingerprint density at radius 2 is 1.19 bits per heavy atom. The third kappa shape index (κ3) is 2.73. The van der Waals surface area contributed by atoms with Crippen molar-refractivity contribution in [3.63, 3.8) is 0 Å². The Hall–Kier alpha value is -3.45. The Labute approximate surface area is 186 Å². The number of hydrogen-bond acceptors (Lipinski definition) is 3. The molecule has 3 aromatic carbocycles. The van der Waals surface area contributed by atoms with Crippen LogP contribution in [0.15, 0.2) is 65.4 Å². The molecule has 6 aromatic rings. The second kappa shape index (κ2) is 6.52. The van der Waals surface area contributed by atoms with Crippen LogP contribution in [0.1, 0.15) is 0 Å². The SMILES string of the molecule is Cn1cnc2cc(-c3nc4cc(-c5nc6cc(Br)ccc6n5C)ccc4n3C)ccc21. The summed E-state index contributed by atoms with van der Waals surface area (Å²) in [4.78, 5) is 14.3. The van der Waals surface area contributed by atoms with E-state index in [1.54, 1.807) is 0 Å². The van der Waals surface area contributed by atoms with Crippen molar-refractivity contribution in [3.05, 3.63) is 65.4 Å². The highest BCUT2D eigenvalue weighted by atomic mass is 79.9. The van der Waals surface area contributed by atoms with Crippen molar-refractivity contribution in [3.8, 4) is 22.8 Å². The van der Waals surface area contributed by atoms with Crippen LogP contribution in [0.5, 0.6) is 0 Å². The van der Waals surface area contributed by atoms with Crippen molar-refractivity contribution < 1.29 is 0 Å². The molecule has 0 N–H and O–H groups in total. The quantitative estimate of drug-likeness (QED) is 0.338.